The molecular formula is C19H20N4O4S. The van der Waals surface area contributed by atoms with Crippen LogP contribution in [0.5, 0.6) is 11.5 Å². The number of thiocarbonyl (C=S) groups is 1. The number of amides is 3. The van der Waals surface area contributed by atoms with Crippen molar-refractivity contribution in [3.63, 3.8) is 0 Å². The fraction of sp³-hybridized carbons (Fsp3) is 0.105. The zero-order chi connectivity index (χ0) is 20.4. The Morgan fingerprint density at radius 3 is 2.36 bits per heavy atom. The average molecular weight is 400 g/mol. The third-order valence-electron chi connectivity index (χ3n) is 3.39. The lowest BCUT2D eigenvalue weighted by Crippen LogP contribution is -2.49. The van der Waals surface area contributed by atoms with E-state index in [0.717, 1.165) is 5.56 Å². The van der Waals surface area contributed by atoms with Gasteiger partial charge < -0.3 is 14.8 Å². The molecule has 0 atom stereocenters. The first-order valence-electron chi connectivity index (χ1n) is 8.15. The summed E-state index contributed by atoms with van der Waals surface area (Å²) in [6.45, 7) is 0. The number of para-hydroxylation sites is 1. The van der Waals surface area contributed by atoms with Crippen LogP contribution in [-0.4, -0.2) is 31.3 Å². The van der Waals surface area contributed by atoms with E-state index in [9.17, 15) is 9.59 Å². The van der Waals surface area contributed by atoms with Crippen molar-refractivity contribution in [1.82, 2.24) is 16.2 Å². The number of urea groups is 1. The van der Waals surface area contributed by atoms with Crippen molar-refractivity contribution in [2.45, 2.75) is 0 Å². The Hall–Kier alpha value is -3.59. The SMILES string of the molecule is COc1ccc(/C=C/C(=O)NC(=S)NNC(=O)Nc2ccccc2)cc1OC. The maximum atomic E-state index is 11.9. The van der Waals surface area contributed by atoms with Crippen molar-refractivity contribution in [1.29, 1.82) is 0 Å². The molecule has 2 aromatic rings. The first kappa shape index (κ1) is 20.7. The van der Waals surface area contributed by atoms with Crippen LogP contribution in [0, 0.1) is 0 Å². The molecule has 4 N–H and O–H groups in total. The molecule has 8 nitrogen and oxygen atoms in total. The summed E-state index contributed by atoms with van der Waals surface area (Å²) in [5.41, 5.74) is 6.12. The number of carbonyl (C=O) groups excluding carboxylic acids is 2. The average Bonchev–Trinajstić information content (AvgIpc) is 2.71. The van der Waals surface area contributed by atoms with E-state index >= 15 is 0 Å². The van der Waals surface area contributed by atoms with Gasteiger partial charge in [-0.2, -0.15) is 0 Å². The van der Waals surface area contributed by atoms with Crippen LogP contribution in [0.25, 0.3) is 6.08 Å². The summed E-state index contributed by atoms with van der Waals surface area (Å²) in [6.07, 6.45) is 2.90. The highest BCUT2D eigenvalue weighted by molar-refractivity contribution is 7.80. The number of methoxy groups -OCH3 is 2. The molecule has 2 aromatic carbocycles. The Bertz CT molecular complexity index is 871. The number of hydrazine groups is 1. The lowest BCUT2D eigenvalue weighted by atomic mass is 10.2. The molecular weight excluding hydrogens is 380 g/mol. The molecule has 0 heterocycles. The van der Waals surface area contributed by atoms with Gasteiger partial charge in [0, 0.05) is 11.8 Å². The van der Waals surface area contributed by atoms with Crippen molar-refractivity contribution in [2.24, 2.45) is 0 Å². The van der Waals surface area contributed by atoms with Crippen LogP contribution < -0.4 is 31.0 Å². The Morgan fingerprint density at radius 1 is 0.964 bits per heavy atom. The van der Waals surface area contributed by atoms with Crippen molar-refractivity contribution in [3.8, 4) is 11.5 Å². The standard InChI is InChI=1S/C19H20N4O4S/c1-26-15-10-8-13(12-16(15)27-2)9-11-17(24)21-19(28)23-22-18(25)20-14-6-4-3-5-7-14/h3-12H,1-2H3,(H2,20,22,25)(H2,21,23,24,28)/b11-9+. The molecule has 0 aliphatic heterocycles. The van der Waals surface area contributed by atoms with Gasteiger partial charge in [0.1, 0.15) is 0 Å². The highest BCUT2D eigenvalue weighted by Gasteiger charge is 2.05. The molecule has 0 radical (unpaired) electrons. The minimum Gasteiger partial charge on any atom is -0.493 e. The Kier molecular flexibility index (Phi) is 7.79. The van der Waals surface area contributed by atoms with Crippen LogP contribution >= 0.6 is 12.2 Å². The van der Waals surface area contributed by atoms with Gasteiger partial charge in [-0.1, -0.05) is 24.3 Å². The maximum Gasteiger partial charge on any atom is 0.337 e. The van der Waals surface area contributed by atoms with Crippen LogP contribution in [0.2, 0.25) is 0 Å². The first-order chi connectivity index (χ1) is 13.5. The molecule has 0 saturated carbocycles. The molecule has 3 amide bonds. The summed E-state index contributed by atoms with van der Waals surface area (Å²) in [7, 11) is 3.08. The second-order valence-electron chi connectivity index (χ2n) is 5.34. The van der Waals surface area contributed by atoms with Gasteiger partial charge >= 0.3 is 6.03 Å². The lowest BCUT2D eigenvalue weighted by molar-refractivity contribution is -0.115. The number of nitrogens with one attached hydrogen (secondary N) is 4. The second-order valence-corrected chi connectivity index (χ2v) is 5.74. The molecule has 0 unspecified atom stereocenters. The summed E-state index contributed by atoms with van der Waals surface area (Å²) in [5.74, 6) is 0.683. The van der Waals surface area contributed by atoms with E-state index in [2.05, 4.69) is 21.5 Å². The molecule has 0 bridgehead atoms. The van der Waals surface area contributed by atoms with Crippen molar-refractivity contribution < 1.29 is 19.1 Å². The van der Waals surface area contributed by atoms with Crippen LogP contribution in [0.4, 0.5) is 10.5 Å². The van der Waals surface area contributed by atoms with Gasteiger partial charge in [-0.15, -0.1) is 0 Å². The predicted octanol–water partition coefficient (Wildman–Crippen LogP) is 2.44. The second kappa shape index (κ2) is 10.5. The third-order valence-corrected chi connectivity index (χ3v) is 3.60. The van der Waals surface area contributed by atoms with Crippen LogP contribution in [0.1, 0.15) is 5.56 Å². The Labute approximate surface area is 167 Å². The third kappa shape index (κ3) is 6.61. The molecule has 0 fully saturated rings. The van der Waals surface area contributed by atoms with Gasteiger partial charge in [0.15, 0.2) is 16.6 Å². The minimum atomic E-state index is -0.524. The fourth-order valence-corrected chi connectivity index (χ4v) is 2.26. The van der Waals surface area contributed by atoms with Crippen LogP contribution in [-0.2, 0) is 4.79 Å². The summed E-state index contributed by atoms with van der Waals surface area (Å²) >= 11 is 4.96. The number of hydrogen-bond acceptors (Lipinski definition) is 5. The Morgan fingerprint density at radius 2 is 1.68 bits per heavy atom. The van der Waals surface area contributed by atoms with E-state index in [-0.39, 0.29) is 5.11 Å². The molecule has 28 heavy (non-hydrogen) atoms. The van der Waals surface area contributed by atoms with E-state index in [1.165, 1.54) is 13.2 Å². The summed E-state index contributed by atoms with van der Waals surface area (Å²) < 4.78 is 10.4. The molecule has 2 rings (SSSR count). The highest BCUT2D eigenvalue weighted by Crippen LogP contribution is 2.27. The smallest absolute Gasteiger partial charge is 0.337 e. The Balaban J connectivity index is 1.79. The number of hydrogen-bond donors (Lipinski definition) is 4. The van der Waals surface area contributed by atoms with E-state index in [4.69, 9.17) is 21.7 Å². The topological polar surface area (TPSA) is 101 Å². The lowest BCUT2D eigenvalue weighted by Gasteiger charge is -2.10. The molecule has 9 heteroatoms. The van der Waals surface area contributed by atoms with Crippen LogP contribution in [0.15, 0.2) is 54.6 Å². The zero-order valence-corrected chi connectivity index (χ0v) is 16.1. The van der Waals surface area contributed by atoms with Gasteiger partial charge in [0.25, 0.3) is 0 Å². The van der Waals surface area contributed by atoms with E-state index in [1.807, 2.05) is 6.07 Å². The van der Waals surface area contributed by atoms with Crippen LogP contribution in [0.3, 0.4) is 0 Å². The first-order valence-corrected chi connectivity index (χ1v) is 8.55. The van der Waals surface area contributed by atoms with E-state index in [1.54, 1.807) is 55.7 Å². The summed E-state index contributed by atoms with van der Waals surface area (Å²) in [5, 5.41) is 4.96. The zero-order valence-electron chi connectivity index (χ0n) is 15.3. The molecule has 146 valence electrons. The van der Waals surface area contributed by atoms with Gasteiger partial charge in [0.05, 0.1) is 14.2 Å². The molecule has 0 spiro atoms. The van der Waals surface area contributed by atoms with Crippen molar-refractivity contribution >= 4 is 41.0 Å². The molecule has 0 saturated heterocycles. The minimum absolute atomic E-state index is 0.0508. The number of rotatable bonds is 5. The molecule has 0 aliphatic carbocycles. The fourth-order valence-electron chi connectivity index (χ4n) is 2.11. The number of carbonyl (C=O) groups is 2. The van der Waals surface area contributed by atoms with E-state index in [0.29, 0.717) is 17.2 Å². The predicted molar refractivity (Wildman–Crippen MR) is 111 cm³/mol. The van der Waals surface area contributed by atoms with Gasteiger partial charge in [-0.3, -0.25) is 15.5 Å². The number of ether oxygens (including phenoxy) is 2. The summed E-state index contributed by atoms with van der Waals surface area (Å²) in [6, 6.07) is 13.6. The summed E-state index contributed by atoms with van der Waals surface area (Å²) in [4.78, 5) is 23.7. The maximum absolute atomic E-state index is 11.9. The quantitative estimate of drug-likeness (QED) is 0.349. The van der Waals surface area contributed by atoms with Gasteiger partial charge in [-0.05, 0) is 48.1 Å². The molecule has 0 aliphatic rings. The normalized spacial score (nSPS) is 10.1. The van der Waals surface area contributed by atoms with Gasteiger partial charge in [-0.25, -0.2) is 10.2 Å². The largest absolute Gasteiger partial charge is 0.493 e. The van der Waals surface area contributed by atoms with E-state index < -0.39 is 11.9 Å². The van der Waals surface area contributed by atoms with Crippen molar-refractivity contribution in [3.05, 3.63) is 60.2 Å². The monoisotopic (exact) mass is 400 g/mol. The number of anilines is 1. The number of benzene rings is 2. The highest BCUT2D eigenvalue weighted by atomic mass is 32.1. The van der Waals surface area contributed by atoms with Gasteiger partial charge in [0.2, 0.25) is 5.91 Å². The van der Waals surface area contributed by atoms with Crippen molar-refractivity contribution in [2.75, 3.05) is 19.5 Å². The molecule has 0 aromatic heterocycles.